The van der Waals surface area contributed by atoms with Crippen molar-refractivity contribution in [3.8, 4) is 0 Å². The van der Waals surface area contributed by atoms with E-state index in [0.717, 1.165) is 12.1 Å². The minimum atomic E-state index is -5.34. The Hall–Kier alpha value is -2.43. The van der Waals surface area contributed by atoms with E-state index in [-0.39, 0.29) is 21.5 Å². The third-order valence-electron chi connectivity index (χ3n) is 5.54. The van der Waals surface area contributed by atoms with Crippen LogP contribution in [0.25, 0.3) is 10.8 Å². The number of nitrogen functional groups attached to an aromatic ring is 1. The molecule has 176 valence electrons. The van der Waals surface area contributed by atoms with Crippen molar-refractivity contribution in [1.29, 1.82) is 0 Å². The van der Waals surface area contributed by atoms with E-state index < -0.39 is 46.3 Å². The molecule has 0 bridgehead atoms. The number of carbonyl (C=O) groups is 1. The largest absolute Gasteiger partial charge is 0.424 e. The van der Waals surface area contributed by atoms with E-state index in [1.807, 2.05) is 0 Å². The summed E-state index contributed by atoms with van der Waals surface area (Å²) in [4.78, 5) is 25.1. The molecule has 0 radical (unpaired) electrons. The molecule has 6 nitrogen and oxygen atoms in total. The summed E-state index contributed by atoms with van der Waals surface area (Å²) in [6, 6.07) is 6.71. The Labute approximate surface area is 199 Å². The Morgan fingerprint density at radius 1 is 1.24 bits per heavy atom. The molecule has 0 fully saturated rings. The Bertz CT molecular complexity index is 1320. The summed E-state index contributed by atoms with van der Waals surface area (Å²) < 4.78 is 47.8. The molecule has 3 N–H and O–H groups in total. The van der Waals surface area contributed by atoms with Gasteiger partial charge < -0.3 is 15.4 Å². The summed E-state index contributed by atoms with van der Waals surface area (Å²) >= 11 is 9.47. The SMILES string of the molecule is Cc1noc(=O)c2ccc(C(=O)C(O)(CC(C)(C)c3ccc(Br)cc3Cl)C(F)(F)F)c(N)c12. The Morgan fingerprint density at radius 3 is 2.45 bits per heavy atom. The highest BCUT2D eigenvalue weighted by molar-refractivity contribution is 9.10. The van der Waals surface area contributed by atoms with Crippen LogP contribution in [-0.4, -0.2) is 27.8 Å². The summed E-state index contributed by atoms with van der Waals surface area (Å²) in [6.45, 7) is 4.30. The lowest BCUT2D eigenvalue weighted by molar-refractivity contribution is -0.242. The number of aliphatic hydroxyl groups is 1. The van der Waals surface area contributed by atoms with Crippen LogP contribution in [-0.2, 0) is 5.41 Å². The van der Waals surface area contributed by atoms with E-state index >= 15 is 0 Å². The van der Waals surface area contributed by atoms with Crippen molar-refractivity contribution in [3.05, 3.63) is 67.1 Å². The van der Waals surface area contributed by atoms with E-state index in [9.17, 15) is 27.9 Å². The molecule has 1 heterocycles. The van der Waals surface area contributed by atoms with Gasteiger partial charge in [0, 0.05) is 26.9 Å². The predicted octanol–water partition coefficient (Wildman–Crippen LogP) is 5.34. The topological polar surface area (TPSA) is 106 Å². The monoisotopic (exact) mass is 546 g/mol. The molecule has 1 atom stereocenters. The van der Waals surface area contributed by atoms with Gasteiger partial charge in [-0.3, -0.25) is 4.79 Å². The van der Waals surface area contributed by atoms with Gasteiger partial charge in [-0.25, -0.2) is 4.79 Å². The number of nitrogens with two attached hydrogens (primary N) is 1. The van der Waals surface area contributed by atoms with Crippen LogP contribution in [0.5, 0.6) is 0 Å². The van der Waals surface area contributed by atoms with Crippen LogP contribution in [0.3, 0.4) is 0 Å². The fourth-order valence-electron chi connectivity index (χ4n) is 3.89. The zero-order chi connectivity index (χ0) is 24.9. The van der Waals surface area contributed by atoms with Gasteiger partial charge in [0.2, 0.25) is 11.4 Å². The lowest BCUT2D eigenvalue weighted by atomic mass is 9.72. The number of nitrogens with zero attached hydrogens (tertiary/aromatic N) is 1. The average Bonchev–Trinajstić information content (AvgIpc) is 2.68. The van der Waals surface area contributed by atoms with Crippen LogP contribution in [0.2, 0.25) is 5.02 Å². The Morgan fingerprint density at radius 2 is 1.88 bits per heavy atom. The van der Waals surface area contributed by atoms with E-state index in [0.29, 0.717) is 10.0 Å². The Kier molecular flexibility index (Phi) is 6.42. The maximum absolute atomic E-state index is 14.2. The molecule has 3 aromatic rings. The predicted molar refractivity (Wildman–Crippen MR) is 122 cm³/mol. The number of carbonyl (C=O) groups excluding carboxylic acids is 1. The number of aromatic nitrogens is 1. The summed E-state index contributed by atoms with van der Waals surface area (Å²) in [5.74, 6) is -1.65. The highest BCUT2D eigenvalue weighted by Gasteiger charge is 2.61. The average molecular weight is 548 g/mol. The van der Waals surface area contributed by atoms with Crippen LogP contribution in [0.4, 0.5) is 18.9 Å². The van der Waals surface area contributed by atoms with Gasteiger partial charge in [-0.15, -0.1) is 0 Å². The second kappa shape index (κ2) is 8.41. The third-order valence-corrected chi connectivity index (χ3v) is 6.35. The number of aryl methyl sites for hydroxylation is 1. The lowest BCUT2D eigenvalue weighted by Gasteiger charge is -2.37. The number of fused-ring (bicyclic) bond motifs is 1. The number of alkyl halides is 3. The summed E-state index contributed by atoms with van der Waals surface area (Å²) in [5, 5.41) is 14.5. The molecule has 0 aliphatic rings. The molecule has 0 aliphatic heterocycles. The number of hydrogen-bond donors (Lipinski definition) is 2. The van der Waals surface area contributed by atoms with Crippen molar-refractivity contribution >= 4 is 49.8 Å². The first-order valence-corrected chi connectivity index (χ1v) is 10.8. The molecule has 0 saturated heterocycles. The number of halogens is 5. The molecule has 11 heteroatoms. The molecule has 0 amide bonds. The zero-order valence-corrected chi connectivity index (χ0v) is 20.0. The molecule has 0 aliphatic carbocycles. The summed E-state index contributed by atoms with van der Waals surface area (Å²) in [6.07, 6.45) is -6.37. The molecule has 1 unspecified atom stereocenters. The quantitative estimate of drug-likeness (QED) is 0.330. The number of rotatable bonds is 5. The van der Waals surface area contributed by atoms with Crippen molar-refractivity contribution in [2.24, 2.45) is 0 Å². The van der Waals surface area contributed by atoms with E-state index in [1.165, 1.54) is 32.9 Å². The fourth-order valence-corrected chi connectivity index (χ4v) is 4.82. The van der Waals surface area contributed by atoms with Gasteiger partial charge >= 0.3 is 11.8 Å². The number of anilines is 1. The van der Waals surface area contributed by atoms with Crippen LogP contribution in [0.1, 0.15) is 41.9 Å². The standard InChI is InChI=1S/C22H19BrClF3N2O4/c1-10-16-12(19(31)33-29-10)5-6-13(17(16)28)18(30)21(32,22(25,26)27)9-20(2,3)14-7-4-11(23)8-15(14)24/h4-8,32H,9,28H2,1-3H3. The van der Waals surface area contributed by atoms with Gasteiger partial charge in [-0.05, 0) is 42.2 Å². The van der Waals surface area contributed by atoms with Crippen molar-refractivity contribution in [2.45, 2.75) is 44.4 Å². The molecule has 1 aromatic heterocycles. The van der Waals surface area contributed by atoms with Gasteiger partial charge in [-0.2, -0.15) is 13.2 Å². The maximum Gasteiger partial charge on any atom is 0.424 e. The van der Waals surface area contributed by atoms with Gasteiger partial charge in [0.25, 0.3) is 0 Å². The fraction of sp³-hybridized carbons (Fsp3) is 0.318. The van der Waals surface area contributed by atoms with Gasteiger partial charge in [-0.1, -0.05) is 52.6 Å². The first-order valence-electron chi connectivity index (χ1n) is 9.58. The van der Waals surface area contributed by atoms with Crippen molar-refractivity contribution in [3.63, 3.8) is 0 Å². The first-order chi connectivity index (χ1) is 15.1. The van der Waals surface area contributed by atoms with Crippen LogP contribution in [0.15, 0.2) is 44.1 Å². The normalized spacial score (nSPS) is 14.3. The number of benzene rings is 2. The third kappa shape index (κ3) is 4.39. The number of hydrogen-bond acceptors (Lipinski definition) is 6. The smallest absolute Gasteiger partial charge is 0.398 e. The van der Waals surface area contributed by atoms with E-state index in [4.69, 9.17) is 17.3 Å². The number of ketones is 1. The van der Waals surface area contributed by atoms with Gasteiger partial charge in [0.1, 0.15) is 0 Å². The molecule has 2 aromatic carbocycles. The van der Waals surface area contributed by atoms with Crippen LogP contribution < -0.4 is 11.4 Å². The summed E-state index contributed by atoms with van der Waals surface area (Å²) in [7, 11) is 0. The molecule has 0 saturated carbocycles. The Balaban J connectivity index is 2.17. The highest BCUT2D eigenvalue weighted by atomic mass is 79.9. The molecule has 0 spiro atoms. The van der Waals surface area contributed by atoms with Crippen LogP contribution >= 0.6 is 27.5 Å². The highest BCUT2D eigenvalue weighted by Crippen LogP contribution is 2.45. The minimum Gasteiger partial charge on any atom is -0.398 e. The lowest BCUT2D eigenvalue weighted by Crippen LogP contribution is -2.55. The van der Waals surface area contributed by atoms with Crippen molar-refractivity contribution in [2.75, 3.05) is 5.73 Å². The maximum atomic E-state index is 14.2. The second-order valence-corrected chi connectivity index (χ2v) is 9.70. The minimum absolute atomic E-state index is 0.0168. The first kappa shape index (κ1) is 25.2. The van der Waals surface area contributed by atoms with E-state index in [1.54, 1.807) is 6.07 Å². The van der Waals surface area contributed by atoms with Gasteiger partial charge in [0.15, 0.2) is 0 Å². The molecular weight excluding hydrogens is 529 g/mol. The second-order valence-electron chi connectivity index (χ2n) is 8.38. The van der Waals surface area contributed by atoms with E-state index in [2.05, 4.69) is 25.6 Å². The number of Topliss-reactive ketones (excluding diaryl/α,β-unsaturated/α-hetero) is 1. The summed E-state index contributed by atoms with van der Waals surface area (Å²) in [5.41, 5.74) is -0.608. The zero-order valence-electron chi connectivity index (χ0n) is 17.7. The molecule has 3 rings (SSSR count). The van der Waals surface area contributed by atoms with Gasteiger partial charge in [0.05, 0.1) is 16.8 Å². The van der Waals surface area contributed by atoms with Crippen LogP contribution in [0, 0.1) is 6.92 Å². The van der Waals surface area contributed by atoms with Crippen molar-refractivity contribution < 1.29 is 27.6 Å². The van der Waals surface area contributed by atoms with Crippen molar-refractivity contribution in [1.82, 2.24) is 5.16 Å². The molecular formula is C22H19BrClF3N2O4. The molecule has 33 heavy (non-hydrogen) atoms.